The number of amides is 1. The smallest absolute Gasteiger partial charge is 0.339 e. The number of rotatable bonds is 8. The Morgan fingerprint density at radius 1 is 1.35 bits per heavy atom. The van der Waals surface area contributed by atoms with E-state index in [0.717, 1.165) is 0 Å². The number of aliphatic carboxylic acids is 1. The molecule has 0 radical (unpaired) electrons. The van der Waals surface area contributed by atoms with Crippen molar-refractivity contribution in [3.05, 3.63) is 39.7 Å². The zero-order chi connectivity index (χ0) is 19.3. The van der Waals surface area contributed by atoms with Crippen LogP contribution in [-0.2, 0) is 16.0 Å². The number of hydrogen-bond donors (Lipinski definition) is 3. The van der Waals surface area contributed by atoms with Gasteiger partial charge in [-0.2, -0.15) is 11.8 Å². The zero-order valence-electron chi connectivity index (χ0n) is 14.6. The molecule has 1 amide bonds. The molecule has 1 heterocycles. The van der Waals surface area contributed by atoms with Crippen molar-refractivity contribution in [3.8, 4) is 5.75 Å². The van der Waals surface area contributed by atoms with E-state index in [1.807, 2.05) is 6.26 Å². The number of aromatic hydroxyl groups is 1. The molecule has 140 valence electrons. The van der Waals surface area contributed by atoms with Gasteiger partial charge < -0.3 is 19.9 Å². The normalized spacial score (nSPS) is 12.1. The fourth-order valence-corrected chi connectivity index (χ4v) is 3.14. The molecule has 0 fully saturated rings. The van der Waals surface area contributed by atoms with Crippen molar-refractivity contribution in [2.24, 2.45) is 0 Å². The number of nitrogens with one attached hydrogen (secondary N) is 1. The third kappa shape index (κ3) is 4.78. The van der Waals surface area contributed by atoms with E-state index in [9.17, 15) is 19.5 Å². The van der Waals surface area contributed by atoms with E-state index in [2.05, 4.69) is 5.32 Å². The van der Waals surface area contributed by atoms with E-state index < -0.39 is 23.5 Å². The van der Waals surface area contributed by atoms with Gasteiger partial charge in [0.2, 0.25) is 5.91 Å². The van der Waals surface area contributed by atoms with E-state index in [-0.39, 0.29) is 24.2 Å². The van der Waals surface area contributed by atoms with Crippen molar-refractivity contribution >= 4 is 34.6 Å². The monoisotopic (exact) mass is 379 g/mol. The van der Waals surface area contributed by atoms with Gasteiger partial charge in [0.05, 0.1) is 0 Å². The lowest BCUT2D eigenvalue weighted by Gasteiger charge is -2.14. The molecule has 0 bridgehead atoms. The predicted molar refractivity (Wildman–Crippen MR) is 99.8 cm³/mol. The minimum absolute atomic E-state index is 0.00265. The second-order valence-corrected chi connectivity index (χ2v) is 6.90. The van der Waals surface area contributed by atoms with Gasteiger partial charge in [0, 0.05) is 23.4 Å². The summed E-state index contributed by atoms with van der Waals surface area (Å²) in [6.07, 6.45) is 2.33. The van der Waals surface area contributed by atoms with E-state index >= 15 is 0 Å². The van der Waals surface area contributed by atoms with Crippen LogP contribution in [0.5, 0.6) is 5.75 Å². The highest BCUT2D eigenvalue weighted by molar-refractivity contribution is 7.98. The number of phenols is 1. The van der Waals surface area contributed by atoms with Crippen molar-refractivity contribution in [2.45, 2.75) is 32.2 Å². The fourth-order valence-electron chi connectivity index (χ4n) is 2.67. The summed E-state index contributed by atoms with van der Waals surface area (Å²) in [5.74, 6) is -0.883. The molecule has 0 aliphatic carbocycles. The first kappa shape index (κ1) is 19.8. The number of fused-ring (bicyclic) bond motifs is 1. The summed E-state index contributed by atoms with van der Waals surface area (Å²) >= 11 is 1.50. The van der Waals surface area contributed by atoms with Crippen molar-refractivity contribution in [2.75, 3.05) is 12.0 Å². The van der Waals surface area contributed by atoms with Crippen LogP contribution in [0.2, 0.25) is 0 Å². The van der Waals surface area contributed by atoms with Crippen LogP contribution in [0.3, 0.4) is 0 Å². The third-order valence-corrected chi connectivity index (χ3v) is 4.76. The molecule has 2 rings (SSSR count). The maximum absolute atomic E-state index is 12.2. The van der Waals surface area contributed by atoms with E-state index in [0.29, 0.717) is 28.7 Å². The average molecular weight is 379 g/mol. The Kier molecular flexibility index (Phi) is 6.68. The Morgan fingerprint density at radius 2 is 2.08 bits per heavy atom. The number of carboxylic acid groups (broad SMARTS) is 1. The molecule has 26 heavy (non-hydrogen) atoms. The maximum atomic E-state index is 12.2. The molecule has 0 unspecified atom stereocenters. The predicted octanol–water partition coefficient (Wildman–Crippen LogP) is 2.06. The minimum atomic E-state index is -1.08. The number of carbonyl (C=O) groups excluding carboxylic acids is 1. The summed E-state index contributed by atoms with van der Waals surface area (Å²) in [6, 6.07) is 3.57. The number of aryl methyl sites for hydroxylation is 1. The van der Waals surface area contributed by atoms with Gasteiger partial charge in [-0.05, 0) is 49.5 Å². The van der Waals surface area contributed by atoms with Gasteiger partial charge in [-0.1, -0.05) is 0 Å². The van der Waals surface area contributed by atoms with Gasteiger partial charge in [-0.15, -0.1) is 0 Å². The van der Waals surface area contributed by atoms with Gasteiger partial charge in [-0.3, -0.25) is 4.79 Å². The van der Waals surface area contributed by atoms with Gasteiger partial charge >= 0.3 is 11.6 Å². The summed E-state index contributed by atoms with van der Waals surface area (Å²) < 4.78 is 5.22. The Hall–Kier alpha value is -2.48. The number of hydrogen-bond acceptors (Lipinski definition) is 6. The molecule has 0 saturated heterocycles. The van der Waals surface area contributed by atoms with Crippen LogP contribution >= 0.6 is 11.8 Å². The summed E-state index contributed by atoms with van der Waals surface area (Å²) in [5.41, 5.74) is 0.768. The summed E-state index contributed by atoms with van der Waals surface area (Å²) in [7, 11) is 0. The van der Waals surface area contributed by atoms with E-state index in [4.69, 9.17) is 9.52 Å². The Bertz CT molecular complexity index is 876. The molecule has 0 aliphatic rings. The zero-order valence-corrected chi connectivity index (χ0v) is 15.4. The first-order chi connectivity index (χ1) is 12.3. The molecular weight excluding hydrogens is 358 g/mol. The highest BCUT2D eigenvalue weighted by Gasteiger charge is 2.20. The number of phenolic OH excluding ortho intramolecular Hbond substituents is 1. The molecule has 1 aromatic heterocycles. The Morgan fingerprint density at radius 3 is 2.73 bits per heavy atom. The maximum Gasteiger partial charge on any atom is 0.339 e. The van der Waals surface area contributed by atoms with Crippen LogP contribution in [0.15, 0.2) is 27.4 Å². The molecule has 1 aromatic carbocycles. The van der Waals surface area contributed by atoms with Crippen LogP contribution in [0.1, 0.15) is 24.0 Å². The second kappa shape index (κ2) is 8.75. The lowest BCUT2D eigenvalue weighted by atomic mass is 10.0. The number of carboxylic acids is 1. The number of thioether (sulfide) groups is 1. The first-order valence-corrected chi connectivity index (χ1v) is 9.49. The van der Waals surface area contributed by atoms with Crippen molar-refractivity contribution in [1.29, 1.82) is 0 Å². The van der Waals surface area contributed by atoms with Crippen LogP contribution in [-0.4, -0.2) is 40.1 Å². The molecule has 7 nitrogen and oxygen atoms in total. The molecule has 8 heteroatoms. The van der Waals surface area contributed by atoms with Gasteiger partial charge in [0.15, 0.2) is 0 Å². The fraction of sp³-hybridized carbons (Fsp3) is 0.389. The van der Waals surface area contributed by atoms with Gasteiger partial charge in [-0.25, -0.2) is 9.59 Å². The van der Waals surface area contributed by atoms with E-state index in [1.165, 1.54) is 23.9 Å². The lowest BCUT2D eigenvalue weighted by Crippen LogP contribution is -2.41. The molecule has 1 atom stereocenters. The topological polar surface area (TPSA) is 117 Å². The molecule has 0 spiro atoms. The van der Waals surface area contributed by atoms with Crippen molar-refractivity contribution < 1.29 is 24.2 Å². The summed E-state index contributed by atoms with van der Waals surface area (Å²) in [5, 5.41) is 21.8. The van der Waals surface area contributed by atoms with E-state index in [1.54, 1.807) is 13.0 Å². The first-order valence-electron chi connectivity index (χ1n) is 8.10. The average Bonchev–Trinajstić information content (AvgIpc) is 2.57. The third-order valence-electron chi connectivity index (χ3n) is 4.12. The number of carbonyl (C=O) groups is 2. The highest BCUT2D eigenvalue weighted by atomic mass is 32.2. The highest BCUT2D eigenvalue weighted by Crippen LogP contribution is 2.23. The Balaban J connectivity index is 2.11. The van der Waals surface area contributed by atoms with Gasteiger partial charge in [0.25, 0.3) is 0 Å². The molecule has 3 N–H and O–H groups in total. The van der Waals surface area contributed by atoms with Gasteiger partial charge in [0.1, 0.15) is 17.4 Å². The minimum Gasteiger partial charge on any atom is -0.508 e. The molecule has 2 aromatic rings. The van der Waals surface area contributed by atoms with Crippen LogP contribution in [0.4, 0.5) is 0 Å². The molecular formula is C18H21NO6S. The standard InChI is InChI=1S/C18H21NO6S/c1-10-12-4-3-11(20)9-15(12)25-18(24)13(10)5-6-16(21)19-14(17(22)23)7-8-26-2/h3-4,9,14,20H,5-8H2,1-2H3,(H,19,21)(H,22,23)/t14-/m0/s1. The summed E-state index contributed by atoms with van der Waals surface area (Å²) in [4.78, 5) is 35.4. The quantitative estimate of drug-likeness (QED) is 0.601. The SMILES string of the molecule is CSCC[C@H](NC(=O)CCc1c(C)c2ccc(O)cc2oc1=O)C(=O)O. The lowest BCUT2D eigenvalue weighted by molar-refractivity contribution is -0.141. The largest absolute Gasteiger partial charge is 0.508 e. The van der Waals surface area contributed by atoms with Crippen molar-refractivity contribution in [1.82, 2.24) is 5.32 Å². The number of benzene rings is 1. The molecule has 0 aliphatic heterocycles. The van der Waals surface area contributed by atoms with Crippen LogP contribution in [0.25, 0.3) is 11.0 Å². The molecule has 0 saturated carbocycles. The Labute approximate surface area is 154 Å². The summed E-state index contributed by atoms with van der Waals surface area (Å²) in [6.45, 7) is 1.75. The van der Waals surface area contributed by atoms with Crippen LogP contribution < -0.4 is 10.9 Å². The van der Waals surface area contributed by atoms with Crippen LogP contribution in [0, 0.1) is 6.92 Å². The second-order valence-electron chi connectivity index (χ2n) is 5.91. The van der Waals surface area contributed by atoms with Crippen molar-refractivity contribution in [3.63, 3.8) is 0 Å².